The molecule has 1 heterocycles. The van der Waals surface area contributed by atoms with Crippen LogP contribution in [0.1, 0.15) is 18.3 Å². The summed E-state index contributed by atoms with van der Waals surface area (Å²) in [6.07, 6.45) is 5.55. The van der Waals surface area contributed by atoms with Gasteiger partial charge in [-0.05, 0) is 20.8 Å². The van der Waals surface area contributed by atoms with Gasteiger partial charge in [0.1, 0.15) is 0 Å². The van der Waals surface area contributed by atoms with Gasteiger partial charge in [-0.25, -0.2) is 0 Å². The van der Waals surface area contributed by atoms with Gasteiger partial charge in [-0.3, -0.25) is 10.4 Å². The average Bonchev–Trinajstić information content (AvgIpc) is 2.06. The standard InChI is InChI=1S/C9H13N3/c1-4-5-12-7(2)6-11-8(3)9(12)10/h4-6,10H,1-3H3/b5-4-,10-9?. The minimum Gasteiger partial charge on any atom is -0.304 e. The second-order valence-corrected chi connectivity index (χ2v) is 2.69. The van der Waals surface area contributed by atoms with Crippen LogP contribution in [0.4, 0.5) is 0 Å². The molecule has 0 aromatic carbocycles. The third-order valence-electron chi connectivity index (χ3n) is 1.71. The topological polar surface area (TPSA) is 41.7 Å². The molecule has 1 rings (SSSR count). The first kappa shape index (κ1) is 8.71. The lowest BCUT2D eigenvalue weighted by molar-refractivity contribution is 0.864. The fourth-order valence-corrected chi connectivity index (χ4v) is 1.01. The summed E-state index contributed by atoms with van der Waals surface area (Å²) >= 11 is 0. The van der Waals surface area contributed by atoms with E-state index in [1.807, 2.05) is 37.6 Å². The van der Waals surface area contributed by atoms with E-state index in [1.54, 1.807) is 6.20 Å². The molecule has 0 spiro atoms. The molecule has 0 unspecified atom stereocenters. The first-order valence-electron chi connectivity index (χ1n) is 3.89. The molecule has 0 aliphatic carbocycles. The highest BCUT2D eigenvalue weighted by molar-refractivity contribution is 5.24. The van der Waals surface area contributed by atoms with Crippen LogP contribution in [-0.4, -0.2) is 9.55 Å². The fourth-order valence-electron chi connectivity index (χ4n) is 1.01. The van der Waals surface area contributed by atoms with Gasteiger partial charge in [-0.15, -0.1) is 0 Å². The Hall–Kier alpha value is -1.38. The lowest BCUT2D eigenvalue weighted by Crippen LogP contribution is -2.21. The maximum atomic E-state index is 7.69. The van der Waals surface area contributed by atoms with Crippen molar-refractivity contribution in [2.24, 2.45) is 0 Å². The van der Waals surface area contributed by atoms with Crippen LogP contribution in [0.5, 0.6) is 0 Å². The quantitative estimate of drug-likeness (QED) is 0.669. The Balaban J connectivity index is 3.43. The van der Waals surface area contributed by atoms with Crippen molar-refractivity contribution in [1.29, 1.82) is 5.41 Å². The van der Waals surface area contributed by atoms with E-state index in [4.69, 9.17) is 5.41 Å². The van der Waals surface area contributed by atoms with Crippen LogP contribution < -0.4 is 5.49 Å². The van der Waals surface area contributed by atoms with Crippen molar-refractivity contribution >= 4 is 6.20 Å². The minimum atomic E-state index is 0.452. The number of nitrogens with zero attached hydrogens (tertiary/aromatic N) is 2. The summed E-state index contributed by atoms with van der Waals surface area (Å²) in [6.45, 7) is 5.70. The number of allylic oxidation sites excluding steroid dienone is 1. The van der Waals surface area contributed by atoms with Crippen LogP contribution in [0.25, 0.3) is 6.20 Å². The van der Waals surface area contributed by atoms with E-state index in [0.717, 1.165) is 11.4 Å². The first-order valence-corrected chi connectivity index (χ1v) is 3.89. The Bertz CT molecular complexity index is 361. The summed E-state index contributed by atoms with van der Waals surface area (Å²) in [6, 6.07) is 0. The Morgan fingerprint density at radius 2 is 2.17 bits per heavy atom. The summed E-state index contributed by atoms with van der Waals surface area (Å²) in [7, 11) is 0. The molecule has 3 nitrogen and oxygen atoms in total. The molecule has 1 aromatic rings. The van der Waals surface area contributed by atoms with Gasteiger partial charge in [0.25, 0.3) is 0 Å². The highest BCUT2D eigenvalue weighted by atomic mass is 15.0. The number of hydrogen-bond donors (Lipinski definition) is 1. The molecule has 0 bridgehead atoms. The van der Waals surface area contributed by atoms with Crippen LogP contribution >= 0.6 is 0 Å². The molecular formula is C9H13N3. The van der Waals surface area contributed by atoms with Crippen molar-refractivity contribution < 1.29 is 0 Å². The van der Waals surface area contributed by atoms with E-state index in [9.17, 15) is 0 Å². The third-order valence-corrected chi connectivity index (χ3v) is 1.71. The van der Waals surface area contributed by atoms with Crippen molar-refractivity contribution in [2.75, 3.05) is 0 Å². The van der Waals surface area contributed by atoms with Gasteiger partial charge in [0.05, 0.1) is 5.69 Å². The largest absolute Gasteiger partial charge is 0.304 e. The molecule has 0 atom stereocenters. The van der Waals surface area contributed by atoms with Gasteiger partial charge >= 0.3 is 0 Å². The van der Waals surface area contributed by atoms with E-state index in [0.29, 0.717) is 5.49 Å². The third kappa shape index (κ3) is 1.44. The maximum Gasteiger partial charge on any atom is 0.150 e. The molecule has 0 aliphatic rings. The van der Waals surface area contributed by atoms with Crippen LogP contribution in [0.15, 0.2) is 12.3 Å². The Morgan fingerprint density at radius 1 is 1.50 bits per heavy atom. The van der Waals surface area contributed by atoms with Gasteiger partial charge in [-0.2, -0.15) is 0 Å². The van der Waals surface area contributed by atoms with Crippen molar-refractivity contribution in [2.45, 2.75) is 20.8 Å². The molecule has 0 radical (unpaired) electrons. The van der Waals surface area contributed by atoms with E-state index in [1.165, 1.54) is 0 Å². The predicted octanol–water partition coefficient (Wildman–Crippen LogP) is 1.47. The zero-order chi connectivity index (χ0) is 9.14. The number of hydrogen-bond acceptors (Lipinski definition) is 2. The number of aryl methyl sites for hydroxylation is 2. The molecule has 0 amide bonds. The van der Waals surface area contributed by atoms with Crippen molar-refractivity contribution in [3.8, 4) is 0 Å². The Kier molecular flexibility index (Phi) is 2.43. The summed E-state index contributed by atoms with van der Waals surface area (Å²) in [4.78, 5) is 4.08. The van der Waals surface area contributed by atoms with Gasteiger partial charge in [0.2, 0.25) is 0 Å². The van der Waals surface area contributed by atoms with Crippen LogP contribution in [0, 0.1) is 19.3 Å². The smallest absolute Gasteiger partial charge is 0.150 e. The molecule has 0 saturated carbocycles. The van der Waals surface area contributed by atoms with E-state index in [-0.39, 0.29) is 0 Å². The molecule has 1 N–H and O–H groups in total. The fraction of sp³-hybridized carbons (Fsp3) is 0.333. The summed E-state index contributed by atoms with van der Waals surface area (Å²) < 4.78 is 1.81. The number of rotatable bonds is 1. The summed E-state index contributed by atoms with van der Waals surface area (Å²) in [5, 5.41) is 7.69. The van der Waals surface area contributed by atoms with Crippen LogP contribution in [-0.2, 0) is 0 Å². The van der Waals surface area contributed by atoms with Gasteiger partial charge in [-0.1, -0.05) is 6.08 Å². The molecule has 3 heteroatoms. The maximum absolute atomic E-state index is 7.69. The molecule has 0 saturated heterocycles. The summed E-state index contributed by atoms with van der Waals surface area (Å²) in [5.74, 6) is 0. The number of aromatic nitrogens is 2. The Morgan fingerprint density at radius 3 is 2.75 bits per heavy atom. The zero-order valence-corrected chi connectivity index (χ0v) is 7.63. The second-order valence-electron chi connectivity index (χ2n) is 2.69. The molecule has 0 aliphatic heterocycles. The lowest BCUT2D eigenvalue weighted by Gasteiger charge is -2.05. The van der Waals surface area contributed by atoms with Gasteiger partial charge in [0.15, 0.2) is 5.49 Å². The van der Waals surface area contributed by atoms with Crippen LogP contribution in [0.3, 0.4) is 0 Å². The molecule has 12 heavy (non-hydrogen) atoms. The van der Waals surface area contributed by atoms with E-state index < -0.39 is 0 Å². The zero-order valence-electron chi connectivity index (χ0n) is 7.63. The summed E-state index contributed by atoms with van der Waals surface area (Å²) in [5.41, 5.74) is 2.18. The molecule has 0 fully saturated rings. The van der Waals surface area contributed by atoms with Crippen molar-refractivity contribution in [3.05, 3.63) is 29.1 Å². The molecular weight excluding hydrogens is 150 g/mol. The van der Waals surface area contributed by atoms with Crippen molar-refractivity contribution in [1.82, 2.24) is 9.55 Å². The predicted molar refractivity (Wildman–Crippen MR) is 48.6 cm³/mol. The SMILES string of the molecule is C/C=C\n1c(C)cnc(C)c1=N. The average molecular weight is 163 g/mol. The van der Waals surface area contributed by atoms with Crippen LogP contribution in [0.2, 0.25) is 0 Å². The monoisotopic (exact) mass is 163 g/mol. The van der Waals surface area contributed by atoms with Gasteiger partial charge in [0, 0.05) is 18.1 Å². The Labute approximate surface area is 71.9 Å². The number of nitrogens with one attached hydrogen (secondary N) is 1. The normalized spacial score (nSPS) is 10.9. The highest BCUT2D eigenvalue weighted by Crippen LogP contribution is 1.93. The van der Waals surface area contributed by atoms with E-state index >= 15 is 0 Å². The minimum absolute atomic E-state index is 0.452. The van der Waals surface area contributed by atoms with E-state index in [2.05, 4.69) is 4.98 Å². The first-order chi connectivity index (χ1) is 5.66. The van der Waals surface area contributed by atoms with Crippen molar-refractivity contribution in [3.63, 3.8) is 0 Å². The molecule has 64 valence electrons. The highest BCUT2D eigenvalue weighted by Gasteiger charge is 1.96. The lowest BCUT2D eigenvalue weighted by atomic mass is 10.4. The molecule has 1 aromatic heterocycles. The van der Waals surface area contributed by atoms with Gasteiger partial charge < -0.3 is 4.57 Å². The second kappa shape index (κ2) is 3.34.